The number of primary amides is 1. The number of para-hydroxylation sites is 1. The van der Waals surface area contributed by atoms with Gasteiger partial charge in [-0.05, 0) is 70.3 Å². The number of hydrogen-bond donors (Lipinski definition) is 6. The van der Waals surface area contributed by atoms with Gasteiger partial charge < -0.3 is 42.0 Å². The van der Waals surface area contributed by atoms with Crippen LogP contribution in [0.5, 0.6) is 5.75 Å². The highest BCUT2D eigenvalue weighted by Crippen LogP contribution is 2.19. The van der Waals surface area contributed by atoms with E-state index in [0.29, 0.717) is 13.0 Å². The predicted octanol–water partition coefficient (Wildman–Crippen LogP) is 0.346. The summed E-state index contributed by atoms with van der Waals surface area (Å²) in [5, 5.41) is 13.6. The van der Waals surface area contributed by atoms with Crippen molar-refractivity contribution in [1.29, 1.82) is 0 Å². The first-order valence-electron chi connectivity index (χ1n) is 16.7. The lowest BCUT2D eigenvalue weighted by atomic mass is 10.0. The SMILES string of the molecule is CC(C)[C@H]1NC(=O)[C@H](CCC(N)=O)NC(=O)C[C@@H](C(=O)NCCCN2CCCCCC2)NC(=O)c2ccccc2OC[C@H](C)NC1=O. The number of fused-ring (bicyclic) bond motifs is 1. The van der Waals surface area contributed by atoms with Crippen LogP contribution in [0.25, 0.3) is 0 Å². The normalized spacial score (nSPS) is 23.9. The van der Waals surface area contributed by atoms with Crippen molar-refractivity contribution in [1.82, 2.24) is 31.5 Å². The third-order valence-corrected chi connectivity index (χ3v) is 8.25. The van der Waals surface area contributed by atoms with Crippen LogP contribution in [0, 0.1) is 5.92 Å². The van der Waals surface area contributed by atoms with Gasteiger partial charge in [-0.1, -0.05) is 38.8 Å². The van der Waals surface area contributed by atoms with Gasteiger partial charge in [0.05, 0.1) is 18.0 Å². The fourth-order valence-electron chi connectivity index (χ4n) is 5.59. The lowest BCUT2D eigenvalue weighted by Crippen LogP contribution is -2.57. The molecule has 2 heterocycles. The van der Waals surface area contributed by atoms with E-state index in [9.17, 15) is 28.8 Å². The molecule has 260 valence electrons. The average Bonchev–Trinajstić information content (AvgIpc) is 3.30. The number of amides is 6. The van der Waals surface area contributed by atoms with Crippen molar-refractivity contribution < 1.29 is 33.5 Å². The summed E-state index contributed by atoms with van der Waals surface area (Å²) in [5.74, 6) is -3.82. The van der Waals surface area contributed by atoms with Gasteiger partial charge >= 0.3 is 0 Å². The lowest BCUT2D eigenvalue weighted by Gasteiger charge is -2.27. The number of nitrogens with one attached hydrogen (secondary N) is 5. The number of nitrogens with zero attached hydrogens (tertiary/aromatic N) is 1. The first kappa shape index (κ1) is 37.3. The topological polar surface area (TPSA) is 201 Å². The van der Waals surface area contributed by atoms with Gasteiger partial charge in [0, 0.05) is 13.0 Å². The summed E-state index contributed by atoms with van der Waals surface area (Å²) in [7, 11) is 0. The Balaban J connectivity index is 1.84. The molecule has 6 amide bonds. The Morgan fingerprint density at radius 3 is 2.36 bits per heavy atom. The first-order chi connectivity index (χ1) is 22.4. The summed E-state index contributed by atoms with van der Waals surface area (Å²) >= 11 is 0. The monoisotopic (exact) mass is 657 g/mol. The van der Waals surface area contributed by atoms with Crippen LogP contribution in [0.2, 0.25) is 0 Å². The standard InChI is InChI=1S/C33H51N7O7/c1-21(2)29-33(46)36-22(3)20-47-26-12-7-6-11-23(26)30(43)38-25(19-28(42)37-24(32(45)39-29)13-14-27(34)41)31(44)35-15-10-18-40-16-8-4-5-9-17-40/h6-7,11-12,21-22,24-25,29H,4-5,8-10,13-20H2,1-3H3,(H2,34,41)(H,35,44)(H,36,46)(H,37,42)(H,38,43)(H,39,45)/t22-,24-,25-,29+/m0/s1. The zero-order valence-corrected chi connectivity index (χ0v) is 27.8. The zero-order chi connectivity index (χ0) is 34.3. The third-order valence-electron chi connectivity index (χ3n) is 8.25. The van der Waals surface area contributed by atoms with Gasteiger partial charge in [0.1, 0.15) is 30.5 Å². The minimum Gasteiger partial charge on any atom is -0.491 e. The molecule has 0 unspecified atom stereocenters. The Hall–Kier alpha value is -4.20. The Morgan fingerprint density at radius 1 is 0.979 bits per heavy atom. The fourth-order valence-corrected chi connectivity index (χ4v) is 5.59. The molecular formula is C33H51N7O7. The molecule has 7 N–H and O–H groups in total. The van der Waals surface area contributed by atoms with Gasteiger partial charge in [-0.15, -0.1) is 0 Å². The van der Waals surface area contributed by atoms with E-state index >= 15 is 0 Å². The van der Waals surface area contributed by atoms with E-state index < -0.39 is 66.0 Å². The van der Waals surface area contributed by atoms with Gasteiger partial charge in [-0.2, -0.15) is 0 Å². The van der Waals surface area contributed by atoms with Crippen LogP contribution in [0.4, 0.5) is 0 Å². The molecule has 1 aromatic carbocycles. The Kier molecular flexibility index (Phi) is 14.9. The number of ether oxygens (including phenoxy) is 1. The molecular weight excluding hydrogens is 606 g/mol. The summed E-state index contributed by atoms with van der Waals surface area (Å²) in [6.45, 7) is 8.48. The highest BCUT2D eigenvalue weighted by Gasteiger charge is 2.32. The smallest absolute Gasteiger partial charge is 0.255 e. The maximum atomic E-state index is 13.5. The van der Waals surface area contributed by atoms with Crippen molar-refractivity contribution in [3.8, 4) is 5.75 Å². The van der Waals surface area contributed by atoms with Crippen LogP contribution < -0.4 is 37.1 Å². The molecule has 1 aromatic rings. The molecule has 0 bridgehead atoms. The molecule has 2 aliphatic heterocycles. The molecule has 0 radical (unpaired) electrons. The largest absolute Gasteiger partial charge is 0.491 e. The maximum Gasteiger partial charge on any atom is 0.255 e. The Morgan fingerprint density at radius 2 is 1.68 bits per heavy atom. The van der Waals surface area contributed by atoms with Crippen molar-refractivity contribution in [3.05, 3.63) is 29.8 Å². The molecule has 0 aliphatic carbocycles. The molecule has 0 saturated carbocycles. The van der Waals surface area contributed by atoms with Gasteiger partial charge in [0.25, 0.3) is 5.91 Å². The minimum absolute atomic E-state index is 0.0109. The molecule has 14 nitrogen and oxygen atoms in total. The highest BCUT2D eigenvalue weighted by atomic mass is 16.5. The molecule has 1 fully saturated rings. The molecule has 47 heavy (non-hydrogen) atoms. The van der Waals surface area contributed by atoms with Crippen LogP contribution in [-0.4, -0.2) is 97.3 Å². The summed E-state index contributed by atoms with van der Waals surface area (Å²) < 4.78 is 5.90. The van der Waals surface area contributed by atoms with Crippen molar-refractivity contribution in [3.63, 3.8) is 0 Å². The quantitative estimate of drug-likeness (QED) is 0.204. The van der Waals surface area contributed by atoms with Gasteiger partial charge in [0.15, 0.2) is 0 Å². The summed E-state index contributed by atoms with van der Waals surface area (Å²) in [4.78, 5) is 80.7. The van der Waals surface area contributed by atoms with E-state index in [1.807, 2.05) is 0 Å². The van der Waals surface area contributed by atoms with E-state index in [0.717, 1.165) is 32.5 Å². The zero-order valence-electron chi connectivity index (χ0n) is 27.8. The van der Waals surface area contributed by atoms with Crippen molar-refractivity contribution in [2.45, 2.75) is 96.3 Å². The summed E-state index contributed by atoms with van der Waals surface area (Å²) in [5.41, 5.74) is 5.47. The van der Waals surface area contributed by atoms with Crippen LogP contribution >= 0.6 is 0 Å². The van der Waals surface area contributed by atoms with E-state index in [4.69, 9.17) is 10.5 Å². The predicted molar refractivity (Wildman–Crippen MR) is 175 cm³/mol. The minimum atomic E-state index is -1.28. The van der Waals surface area contributed by atoms with Gasteiger partial charge in [-0.3, -0.25) is 28.8 Å². The van der Waals surface area contributed by atoms with E-state index in [1.54, 1.807) is 39.0 Å². The molecule has 4 atom stereocenters. The second-order valence-electron chi connectivity index (χ2n) is 12.7. The molecule has 2 aliphatic rings. The summed E-state index contributed by atoms with van der Waals surface area (Å²) in [6, 6.07) is 2.49. The lowest BCUT2D eigenvalue weighted by molar-refractivity contribution is -0.134. The molecule has 3 rings (SSSR count). The van der Waals surface area contributed by atoms with Crippen LogP contribution in [0.15, 0.2) is 24.3 Å². The third kappa shape index (κ3) is 12.5. The number of likely N-dealkylation sites (tertiary alicyclic amines) is 1. The molecule has 1 saturated heterocycles. The first-order valence-corrected chi connectivity index (χ1v) is 16.7. The maximum absolute atomic E-state index is 13.5. The number of rotatable bonds is 9. The van der Waals surface area contributed by atoms with Crippen molar-refractivity contribution in [2.24, 2.45) is 11.7 Å². The Bertz CT molecular complexity index is 1250. The average molecular weight is 658 g/mol. The number of hydrogen-bond acceptors (Lipinski definition) is 8. The van der Waals surface area contributed by atoms with Crippen molar-refractivity contribution in [2.75, 3.05) is 32.8 Å². The van der Waals surface area contributed by atoms with Gasteiger partial charge in [-0.25, -0.2) is 0 Å². The van der Waals surface area contributed by atoms with Crippen LogP contribution in [0.3, 0.4) is 0 Å². The molecule has 0 aromatic heterocycles. The number of carbonyl (C=O) groups is 6. The van der Waals surface area contributed by atoms with Gasteiger partial charge in [0.2, 0.25) is 29.5 Å². The number of benzene rings is 1. The van der Waals surface area contributed by atoms with E-state index in [2.05, 4.69) is 31.5 Å². The highest BCUT2D eigenvalue weighted by molar-refractivity contribution is 6.01. The second-order valence-corrected chi connectivity index (χ2v) is 12.7. The fraction of sp³-hybridized carbons (Fsp3) is 0.636. The molecule has 14 heteroatoms. The molecule has 0 spiro atoms. The summed E-state index contributed by atoms with van der Waals surface area (Å²) in [6.07, 6.45) is 4.64. The number of carbonyl (C=O) groups excluding carboxylic acids is 6. The Labute approximate surface area is 276 Å². The second kappa shape index (κ2) is 18.8. The number of nitrogens with two attached hydrogens (primary N) is 1. The van der Waals surface area contributed by atoms with Crippen LogP contribution in [0.1, 0.15) is 82.5 Å². The van der Waals surface area contributed by atoms with Crippen LogP contribution in [-0.2, 0) is 24.0 Å². The van der Waals surface area contributed by atoms with Crippen molar-refractivity contribution >= 4 is 35.4 Å². The van der Waals surface area contributed by atoms with E-state index in [1.165, 1.54) is 18.9 Å². The van der Waals surface area contributed by atoms with E-state index in [-0.39, 0.29) is 36.7 Å².